The number of hydrogen-bond acceptors (Lipinski definition) is 10. The van der Waals surface area contributed by atoms with Crippen molar-refractivity contribution in [1.29, 1.82) is 0 Å². The topological polar surface area (TPSA) is 138 Å². The number of amides is 1. The van der Waals surface area contributed by atoms with Crippen molar-refractivity contribution in [1.82, 2.24) is 15.6 Å². The van der Waals surface area contributed by atoms with Gasteiger partial charge in [-0.25, -0.2) is 4.79 Å². The number of nitrogens with one attached hydrogen (secondary N) is 1. The lowest BCUT2D eigenvalue weighted by atomic mass is 9.84. The summed E-state index contributed by atoms with van der Waals surface area (Å²) in [6.45, 7) is 3.70. The van der Waals surface area contributed by atoms with E-state index in [1.165, 1.54) is 0 Å². The van der Waals surface area contributed by atoms with Gasteiger partial charge in [0.25, 0.3) is 0 Å². The molecule has 4 unspecified atom stereocenters. The molecule has 1 aromatic carbocycles. The molecule has 0 aromatic heterocycles. The molecule has 2 fully saturated rings. The van der Waals surface area contributed by atoms with Crippen LogP contribution in [-0.2, 0) is 35.1 Å². The van der Waals surface area contributed by atoms with Gasteiger partial charge in [-0.15, -0.1) is 0 Å². The van der Waals surface area contributed by atoms with Crippen molar-refractivity contribution in [3.8, 4) is 0 Å². The maximum Gasteiger partial charge on any atom is 0.328 e. The number of carbonyl (C=O) groups is 3. The highest BCUT2D eigenvalue weighted by Crippen LogP contribution is 2.40. The minimum Gasteiger partial charge on any atom is -0.465 e. The molecule has 2 aliphatic rings. The van der Waals surface area contributed by atoms with Gasteiger partial charge >= 0.3 is 11.9 Å². The van der Waals surface area contributed by atoms with Crippen LogP contribution < -0.4 is 5.32 Å². The number of ether oxygens (including phenoxy) is 2. The van der Waals surface area contributed by atoms with Crippen molar-refractivity contribution in [3.63, 3.8) is 0 Å². The number of likely N-dealkylation sites (tertiary alicyclic amines) is 1. The second kappa shape index (κ2) is 15.1. The second-order valence-corrected chi connectivity index (χ2v) is 9.93. The normalized spacial score (nSPS) is 22.6. The quantitative estimate of drug-likeness (QED) is 0.185. The summed E-state index contributed by atoms with van der Waals surface area (Å²) in [5.74, 6) is -0.870. The Morgan fingerprint density at radius 3 is 2.55 bits per heavy atom. The molecule has 3 rings (SSSR count). The molecule has 0 radical (unpaired) electrons. The van der Waals surface area contributed by atoms with E-state index >= 15 is 0 Å². The van der Waals surface area contributed by atoms with E-state index in [1.807, 2.05) is 30.3 Å². The average Bonchev–Trinajstić information content (AvgIpc) is 3.30. The summed E-state index contributed by atoms with van der Waals surface area (Å²) in [6.07, 6.45) is 5.78. The molecule has 1 heterocycles. The van der Waals surface area contributed by atoms with Gasteiger partial charge in [0.15, 0.2) is 0 Å². The lowest BCUT2D eigenvalue weighted by molar-refractivity contribution is -0.492. The minimum absolute atomic E-state index is 0.0265. The summed E-state index contributed by atoms with van der Waals surface area (Å²) in [4.78, 5) is 45.7. The van der Waals surface area contributed by atoms with Crippen LogP contribution in [0.2, 0.25) is 0 Å². The first-order chi connectivity index (χ1) is 18.3. The van der Waals surface area contributed by atoms with Crippen LogP contribution in [0.3, 0.4) is 0 Å². The van der Waals surface area contributed by atoms with Crippen molar-refractivity contribution in [3.05, 3.63) is 35.9 Å². The summed E-state index contributed by atoms with van der Waals surface area (Å²) in [5, 5.41) is 20.0. The summed E-state index contributed by atoms with van der Waals surface area (Å²) < 4.78 is 10.7. The molecule has 11 nitrogen and oxygen atoms in total. The van der Waals surface area contributed by atoms with Crippen LogP contribution >= 0.6 is 0 Å². The average molecular weight is 536 g/mol. The summed E-state index contributed by atoms with van der Waals surface area (Å²) in [6, 6.07) is 7.72. The van der Waals surface area contributed by atoms with Crippen molar-refractivity contribution >= 4 is 17.8 Å². The van der Waals surface area contributed by atoms with Gasteiger partial charge in [-0.3, -0.25) is 30.2 Å². The van der Waals surface area contributed by atoms with E-state index < -0.39 is 30.1 Å². The zero-order valence-electron chi connectivity index (χ0n) is 22.3. The number of nitrogens with zero attached hydrogens (tertiary/aromatic N) is 2. The third-order valence-corrected chi connectivity index (χ3v) is 7.31. The maximum atomic E-state index is 13.8. The van der Waals surface area contributed by atoms with E-state index in [1.54, 1.807) is 18.7 Å². The van der Waals surface area contributed by atoms with Crippen LogP contribution in [0.5, 0.6) is 0 Å². The molecular weight excluding hydrogens is 494 g/mol. The number of esters is 2. The van der Waals surface area contributed by atoms with Gasteiger partial charge in [-0.2, -0.15) is 0 Å². The molecule has 1 saturated heterocycles. The molecule has 0 spiro atoms. The van der Waals surface area contributed by atoms with Gasteiger partial charge in [0.2, 0.25) is 5.91 Å². The van der Waals surface area contributed by atoms with E-state index in [0.29, 0.717) is 19.3 Å². The molecule has 0 bridgehead atoms. The Kier molecular flexibility index (Phi) is 11.9. The number of fused-ring (bicyclic) bond motifs is 1. The Labute approximate surface area is 223 Å². The smallest absolute Gasteiger partial charge is 0.328 e. The van der Waals surface area contributed by atoms with Gasteiger partial charge in [0.1, 0.15) is 12.1 Å². The molecule has 1 saturated carbocycles. The molecule has 1 aliphatic carbocycles. The van der Waals surface area contributed by atoms with Crippen LogP contribution in [0, 0.1) is 5.92 Å². The third kappa shape index (κ3) is 8.47. The molecule has 212 valence electrons. The monoisotopic (exact) mass is 535 g/mol. The second-order valence-electron chi connectivity index (χ2n) is 9.93. The number of rotatable bonds is 14. The van der Waals surface area contributed by atoms with Crippen molar-refractivity contribution in [2.45, 2.75) is 89.4 Å². The van der Waals surface area contributed by atoms with Crippen LogP contribution in [-0.4, -0.2) is 82.5 Å². The lowest BCUT2D eigenvalue weighted by Crippen LogP contribution is -2.56. The van der Waals surface area contributed by atoms with E-state index in [9.17, 15) is 14.4 Å². The molecule has 1 aromatic rings. The molecule has 1 aliphatic heterocycles. The van der Waals surface area contributed by atoms with Crippen molar-refractivity contribution in [2.24, 2.45) is 5.92 Å². The Balaban J connectivity index is 1.66. The van der Waals surface area contributed by atoms with E-state index in [4.69, 9.17) is 19.9 Å². The minimum atomic E-state index is -0.704. The fraction of sp³-hybridized carbons (Fsp3) is 0.667. The van der Waals surface area contributed by atoms with Gasteiger partial charge in [-0.05, 0) is 57.4 Å². The van der Waals surface area contributed by atoms with Crippen molar-refractivity contribution in [2.75, 3.05) is 19.8 Å². The van der Waals surface area contributed by atoms with E-state index in [-0.39, 0.29) is 49.5 Å². The first-order valence-corrected chi connectivity index (χ1v) is 13.6. The molecule has 38 heavy (non-hydrogen) atoms. The van der Waals surface area contributed by atoms with Crippen LogP contribution in [0.15, 0.2) is 30.3 Å². The van der Waals surface area contributed by atoms with Gasteiger partial charge in [0, 0.05) is 12.5 Å². The molecular formula is C27H41N3O8. The molecule has 3 N–H and O–H groups in total. The first-order valence-electron chi connectivity index (χ1n) is 13.6. The summed E-state index contributed by atoms with van der Waals surface area (Å²) >= 11 is 0. The lowest BCUT2D eigenvalue weighted by Gasteiger charge is -2.35. The zero-order valence-corrected chi connectivity index (χ0v) is 22.3. The standard InChI is InChI=1S/C27H41N3O8/c1-3-36-26(32)22(15-14-20-10-5-4-6-11-20)28-19(2)25(31)29-23-13-8-7-12-21(23)18-24(29)27(33)37-16-9-17-38-30(34)35/h4-6,10-11,19,21-24,28,34-35H,3,7-9,12-18H2,1-2H3/t19?,21?,22?,23?,24-/m0/s1. The zero-order chi connectivity index (χ0) is 27.5. The maximum absolute atomic E-state index is 13.8. The first kappa shape index (κ1) is 30.0. The Bertz CT molecular complexity index is 900. The Morgan fingerprint density at radius 2 is 1.84 bits per heavy atom. The van der Waals surface area contributed by atoms with Gasteiger partial charge in [0.05, 0.1) is 31.3 Å². The van der Waals surface area contributed by atoms with Gasteiger partial charge < -0.3 is 14.4 Å². The Morgan fingerprint density at radius 1 is 1.11 bits per heavy atom. The van der Waals surface area contributed by atoms with Gasteiger partial charge in [-0.1, -0.05) is 43.2 Å². The molecule has 5 atom stereocenters. The summed E-state index contributed by atoms with van der Waals surface area (Å²) in [7, 11) is 0. The number of benzene rings is 1. The number of aryl methyl sites for hydroxylation is 1. The number of carbonyl (C=O) groups excluding carboxylic acids is 3. The van der Waals surface area contributed by atoms with Crippen LogP contribution in [0.1, 0.15) is 64.4 Å². The Hall–Kier alpha value is -2.57. The fourth-order valence-electron chi connectivity index (χ4n) is 5.53. The van der Waals surface area contributed by atoms with E-state index in [2.05, 4.69) is 10.2 Å². The van der Waals surface area contributed by atoms with Crippen LogP contribution in [0.25, 0.3) is 0 Å². The third-order valence-electron chi connectivity index (χ3n) is 7.31. The highest BCUT2D eigenvalue weighted by molar-refractivity contribution is 5.89. The molecule has 1 amide bonds. The SMILES string of the molecule is CCOC(=O)C(CCc1ccccc1)NC(C)C(=O)N1C2CCCCC2C[C@H]1C(=O)OCCCON(O)O. The predicted molar refractivity (Wildman–Crippen MR) is 136 cm³/mol. The summed E-state index contributed by atoms with van der Waals surface area (Å²) in [5.41, 5.74) is 1.09. The predicted octanol–water partition coefficient (Wildman–Crippen LogP) is 2.63. The van der Waals surface area contributed by atoms with E-state index in [0.717, 1.165) is 31.2 Å². The fourth-order valence-corrected chi connectivity index (χ4v) is 5.53. The highest BCUT2D eigenvalue weighted by Gasteiger charge is 2.49. The van der Waals surface area contributed by atoms with Crippen LogP contribution in [0.4, 0.5) is 0 Å². The highest BCUT2D eigenvalue weighted by atomic mass is 17.1. The molecule has 11 heteroatoms. The number of hydrogen-bond donors (Lipinski definition) is 3. The van der Waals surface area contributed by atoms with Crippen molar-refractivity contribution < 1.29 is 39.1 Å². The largest absolute Gasteiger partial charge is 0.465 e.